The third-order valence-corrected chi connectivity index (χ3v) is 3.66. The van der Waals surface area contributed by atoms with Crippen molar-refractivity contribution in [3.63, 3.8) is 0 Å². The highest BCUT2D eigenvalue weighted by Gasteiger charge is 2.28. The van der Waals surface area contributed by atoms with Gasteiger partial charge in [0.2, 0.25) is 0 Å². The summed E-state index contributed by atoms with van der Waals surface area (Å²) in [5, 5.41) is 10.1. The number of rotatable bonds is 6. The molecule has 10 heteroatoms. The van der Waals surface area contributed by atoms with Crippen LogP contribution in [0.25, 0.3) is 0 Å². The van der Waals surface area contributed by atoms with Crippen molar-refractivity contribution in [2.75, 3.05) is 5.32 Å². The zero-order valence-corrected chi connectivity index (χ0v) is 15.2. The molecule has 0 saturated carbocycles. The maximum atomic E-state index is 12.3. The number of hydrogen-bond donors (Lipinski definition) is 1. The Balaban J connectivity index is 1.58. The summed E-state index contributed by atoms with van der Waals surface area (Å²) in [7, 11) is 0. The Morgan fingerprint density at radius 2 is 1.89 bits per heavy atom. The molecular formula is C18H18F3N5O2. The number of anilines is 1. The minimum atomic E-state index is -4.39. The van der Waals surface area contributed by atoms with Gasteiger partial charge in [-0.25, -0.2) is 4.68 Å². The van der Waals surface area contributed by atoms with Crippen molar-refractivity contribution in [3.8, 4) is 5.75 Å². The lowest BCUT2D eigenvalue weighted by molar-refractivity contribution is -0.142. The predicted octanol–water partition coefficient (Wildman–Crippen LogP) is 3.55. The van der Waals surface area contributed by atoms with Gasteiger partial charge in [-0.3, -0.25) is 9.48 Å². The topological polar surface area (TPSA) is 74.0 Å². The molecule has 1 amide bonds. The molecule has 148 valence electrons. The maximum Gasteiger partial charge on any atom is 0.408 e. The van der Waals surface area contributed by atoms with Gasteiger partial charge in [-0.2, -0.15) is 23.4 Å². The number of amides is 1. The average molecular weight is 393 g/mol. The highest BCUT2D eigenvalue weighted by atomic mass is 19.4. The Hall–Kier alpha value is -3.30. The quantitative estimate of drug-likeness (QED) is 0.695. The first kappa shape index (κ1) is 19.5. The van der Waals surface area contributed by atoms with Gasteiger partial charge in [-0.05, 0) is 43.2 Å². The Bertz CT molecular complexity index is 958. The van der Waals surface area contributed by atoms with Crippen molar-refractivity contribution in [2.45, 2.75) is 33.3 Å². The smallest absolute Gasteiger partial charge is 0.408 e. The number of ether oxygens (including phenoxy) is 1. The van der Waals surface area contributed by atoms with Gasteiger partial charge < -0.3 is 10.1 Å². The normalized spacial score (nSPS) is 11.5. The van der Waals surface area contributed by atoms with Gasteiger partial charge in [-0.15, -0.1) is 0 Å². The molecule has 0 aliphatic rings. The fraction of sp³-hybridized carbons (Fsp3) is 0.278. The predicted molar refractivity (Wildman–Crippen MR) is 95.0 cm³/mol. The van der Waals surface area contributed by atoms with Gasteiger partial charge in [0.05, 0.1) is 11.9 Å². The third-order valence-electron chi connectivity index (χ3n) is 3.66. The van der Waals surface area contributed by atoms with Crippen LogP contribution < -0.4 is 10.1 Å². The summed E-state index contributed by atoms with van der Waals surface area (Å²) >= 11 is 0. The number of benzene rings is 1. The van der Waals surface area contributed by atoms with Gasteiger partial charge >= 0.3 is 6.18 Å². The van der Waals surface area contributed by atoms with Gasteiger partial charge in [0.15, 0.2) is 12.4 Å². The molecule has 0 radical (unpaired) electrons. The average Bonchev–Trinajstić information content (AvgIpc) is 3.20. The molecule has 0 aliphatic carbocycles. The fourth-order valence-electron chi connectivity index (χ4n) is 2.61. The van der Waals surface area contributed by atoms with Crippen molar-refractivity contribution in [1.82, 2.24) is 19.6 Å². The molecule has 2 heterocycles. The number of hydrogen-bond acceptors (Lipinski definition) is 4. The first-order chi connectivity index (χ1) is 13.2. The number of aromatic nitrogens is 4. The van der Waals surface area contributed by atoms with Crippen LogP contribution in [0.15, 0.2) is 42.9 Å². The van der Waals surface area contributed by atoms with E-state index >= 15 is 0 Å². The van der Waals surface area contributed by atoms with E-state index in [1.54, 1.807) is 6.20 Å². The van der Waals surface area contributed by atoms with Gasteiger partial charge in [0.1, 0.15) is 12.3 Å². The van der Waals surface area contributed by atoms with Crippen LogP contribution in [0.4, 0.5) is 18.9 Å². The van der Waals surface area contributed by atoms with Crippen LogP contribution in [0.1, 0.15) is 21.6 Å². The molecule has 0 atom stereocenters. The lowest BCUT2D eigenvalue weighted by atomic mass is 10.1. The summed E-state index contributed by atoms with van der Waals surface area (Å²) in [5.41, 5.74) is 2.39. The van der Waals surface area contributed by atoms with Crippen LogP contribution in [-0.4, -0.2) is 31.6 Å². The number of carbonyl (C=O) groups excluding carboxylic acids is 1. The Kier molecular flexibility index (Phi) is 5.39. The molecular weight excluding hydrogens is 375 g/mol. The Labute approximate surface area is 158 Å². The maximum absolute atomic E-state index is 12.3. The molecule has 0 aliphatic heterocycles. The van der Waals surface area contributed by atoms with Crippen molar-refractivity contribution >= 4 is 11.6 Å². The minimum Gasteiger partial charge on any atom is -0.471 e. The van der Waals surface area contributed by atoms with Gasteiger partial charge in [0, 0.05) is 12.4 Å². The van der Waals surface area contributed by atoms with E-state index in [2.05, 4.69) is 15.5 Å². The molecule has 0 unspecified atom stereocenters. The summed E-state index contributed by atoms with van der Waals surface area (Å²) < 4.78 is 44.9. The highest BCUT2D eigenvalue weighted by Crippen LogP contribution is 2.19. The van der Waals surface area contributed by atoms with Crippen LogP contribution in [-0.2, 0) is 13.3 Å². The van der Waals surface area contributed by atoms with Crippen LogP contribution in [0, 0.1) is 13.8 Å². The van der Waals surface area contributed by atoms with E-state index < -0.39 is 18.6 Å². The summed E-state index contributed by atoms with van der Waals surface area (Å²) in [6, 6.07) is 7.30. The number of halogens is 3. The van der Waals surface area contributed by atoms with Crippen molar-refractivity contribution in [2.24, 2.45) is 0 Å². The molecule has 7 nitrogen and oxygen atoms in total. The third kappa shape index (κ3) is 5.35. The molecule has 3 aromatic rings. The van der Waals surface area contributed by atoms with E-state index in [1.165, 1.54) is 10.7 Å². The molecule has 1 N–H and O–H groups in total. The minimum absolute atomic E-state index is 0.104. The first-order valence-electron chi connectivity index (χ1n) is 8.33. The van der Waals surface area contributed by atoms with Crippen LogP contribution in [0.2, 0.25) is 0 Å². The number of alkyl halides is 3. The van der Waals surface area contributed by atoms with E-state index in [0.29, 0.717) is 10.4 Å². The molecule has 1 aromatic carbocycles. The van der Waals surface area contributed by atoms with E-state index in [-0.39, 0.29) is 18.1 Å². The van der Waals surface area contributed by atoms with Gasteiger partial charge in [0.25, 0.3) is 5.91 Å². The summed E-state index contributed by atoms with van der Waals surface area (Å²) in [6.45, 7) is 2.81. The lowest BCUT2D eigenvalue weighted by Crippen LogP contribution is -2.18. The van der Waals surface area contributed by atoms with Crippen LogP contribution >= 0.6 is 0 Å². The highest BCUT2D eigenvalue weighted by molar-refractivity contribution is 6.02. The zero-order chi connectivity index (χ0) is 20.3. The monoisotopic (exact) mass is 393 g/mol. The second-order valence-corrected chi connectivity index (χ2v) is 6.33. The molecule has 3 rings (SSSR count). The van der Waals surface area contributed by atoms with Crippen molar-refractivity contribution in [3.05, 3.63) is 59.7 Å². The second-order valence-electron chi connectivity index (χ2n) is 6.33. The van der Waals surface area contributed by atoms with E-state index in [0.717, 1.165) is 23.5 Å². The molecule has 0 saturated heterocycles. The zero-order valence-electron chi connectivity index (χ0n) is 15.2. The number of aryl methyl sites for hydroxylation is 2. The fourth-order valence-corrected chi connectivity index (χ4v) is 2.61. The number of carbonyl (C=O) groups is 1. The van der Waals surface area contributed by atoms with Crippen LogP contribution in [0.5, 0.6) is 5.75 Å². The number of nitrogens with zero attached hydrogens (tertiary/aromatic N) is 4. The van der Waals surface area contributed by atoms with Gasteiger partial charge in [-0.1, -0.05) is 6.07 Å². The van der Waals surface area contributed by atoms with E-state index in [1.807, 2.05) is 32.0 Å². The van der Waals surface area contributed by atoms with E-state index in [4.69, 9.17) is 4.74 Å². The SMILES string of the molecule is Cc1cc(C)cc(OCn2ccc(C(=O)Nc3cnn(CC(F)(F)F)c3)n2)c1. The molecule has 2 aromatic heterocycles. The lowest BCUT2D eigenvalue weighted by Gasteiger charge is -2.08. The second kappa shape index (κ2) is 7.75. The Morgan fingerprint density at radius 1 is 1.18 bits per heavy atom. The first-order valence-corrected chi connectivity index (χ1v) is 8.33. The molecule has 28 heavy (non-hydrogen) atoms. The molecule has 0 fully saturated rings. The summed E-state index contributed by atoms with van der Waals surface area (Å²) in [6.07, 6.45) is -0.568. The Morgan fingerprint density at radius 3 is 2.57 bits per heavy atom. The van der Waals surface area contributed by atoms with Crippen molar-refractivity contribution in [1.29, 1.82) is 0 Å². The van der Waals surface area contributed by atoms with Crippen molar-refractivity contribution < 1.29 is 22.7 Å². The van der Waals surface area contributed by atoms with E-state index in [9.17, 15) is 18.0 Å². The molecule has 0 spiro atoms. The van der Waals surface area contributed by atoms with Crippen LogP contribution in [0.3, 0.4) is 0 Å². The molecule has 0 bridgehead atoms. The standard InChI is InChI=1S/C18H18F3N5O2/c1-12-5-13(2)7-15(6-12)28-11-25-4-3-16(24-25)17(27)23-14-8-22-26(9-14)10-18(19,20)21/h3-9H,10-11H2,1-2H3,(H,23,27). The largest absolute Gasteiger partial charge is 0.471 e. The summed E-state index contributed by atoms with van der Waals surface area (Å²) in [4.78, 5) is 12.2. The number of nitrogens with one attached hydrogen (secondary N) is 1. The summed E-state index contributed by atoms with van der Waals surface area (Å²) in [5.74, 6) is 0.132.